The Balaban J connectivity index is 1.93. The summed E-state index contributed by atoms with van der Waals surface area (Å²) in [7, 11) is 0. The maximum Gasteiger partial charge on any atom is 0.0494 e. The number of benzene rings is 1. The van der Waals surface area contributed by atoms with E-state index in [9.17, 15) is 0 Å². The van der Waals surface area contributed by atoms with Gasteiger partial charge < -0.3 is 11.1 Å². The predicted octanol–water partition coefficient (Wildman–Crippen LogP) is 2.82. The van der Waals surface area contributed by atoms with Crippen LogP contribution in [0.1, 0.15) is 9.75 Å². The SMILES string of the molecule is NCc1ccc(CNc2ccccc2)s1. The van der Waals surface area contributed by atoms with Gasteiger partial charge in [-0.3, -0.25) is 0 Å². The van der Waals surface area contributed by atoms with E-state index in [1.165, 1.54) is 9.75 Å². The van der Waals surface area contributed by atoms with E-state index in [1.54, 1.807) is 11.3 Å². The van der Waals surface area contributed by atoms with Crippen LogP contribution in [0.15, 0.2) is 42.5 Å². The molecule has 0 spiro atoms. The van der Waals surface area contributed by atoms with Gasteiger partial charge >= 0.3 is 0 Å². The molecule has 0 bridgehead atoms. The summed E-state index contributed by atoms with van der Waals surface area (Å²) in [5, 5.41) is 3.37. The van der Waals surface area contributed by atoms with Crippen molar-refractivity contribution in [2.75, 3.05) is 5.32 Å². The molecule has 2 aromatic rings. The van der Waals surface area contributed by atoms with Crippen molar-refractivity contribution in [3.8, 4) is 0 Å². The van der Waals surface area contributed by atoms with Crippen molar-refractivity contribution in [2.45, 2.75) is 13.1 Å². The first-order chi connectivity index (χ1) is 7.38. The highest BCUT2D eigenvalue weighted by Gasteiger charge is 1.98. The van der Waals surface area contributed by atoms with Gasteiger partial charge in [-0.2, -0.15) is 0 Å². The van der Waals surface area contributed by atoms with Crippen LogP contribution in [-0.4, -0.2) is 0 Å². The van der Waals surface area contributed by atoms with Crippen LogP contribution >= 0.6 is 11.3 Å². The van der Waals surface area contributed by atoms with Crippen LogP contribution in [0, 0.1) is 0 Å². The zero-order chi connectivity index (χ0) is 10.5. The van der Waals surface area contributed by atoms with Gasteiger partial charge in [-0.25, -0.2) is 0 Å². The Morgan fingerprint density at radius 2 is 1.73 bits per heavy atom. The molecule has 3 N–H and O–H groups in total. The summed E-state index contributed by atoms with van der Waals surface area (Å²) in [6.45, 7) is 1.50. The largest absolute Gasteiger partial charge is 0.380 e. The van der Waals surface area contributed by atoms with E-state index >= 15 is 0 Å². The second kappa shape index (κ2) is 4.96. The lowest BCUT2D eigenvalue weighted by Gasteiger charge is -2.03. The molecule has 78 valence electrons. The van der Waals surface area contributed by atoms with Gasteiger partial charge in [-0.05, 0) is 24.3 Å². The highest BCUT2D eigenvalue weighted by Crippen LogP contribution is 2.17. The lowest BCUT2D eigenvalue weighted by Crippen LogP contribution is -1.96. The first-order valence-corrected chi connectivity index (χ1v) is 5.77. The summed E-state index contributed by atoms with van der Waals surface area (Å²) in [5.74, 6) is 0. The second-order valence-corrected chi connectivity index (χ2v) is 4.54. The topological polar surface area (TPSA) is 38.0 Å². The van der Waals surface area contributed by atoms with Gasteiger partial charge in [0.15, 0.2) is 0 Å². The third-order valence-corrected chi connectivity index (χ3v) is 3.27. The van der Waals surface area contributed by atoms with Crippen molar-refractivity contribution < 1.29 is 0 Å². The molecule has 0 aliphatic heterocycles. The van der Waals surface area contributed by atoms with E-state index < -0.39 is 0 Å². The van der Waals surface area contributed by atoms with Crippen molar-refractivity contribution in [2.24, 2.45) is 5.73 Å². The summed E-state index contributed by atoms with van der Waals surface area (Å²) in [4.78, 5) is 2.55. The Kier molecular flexibility index (Phi) is 3.37. The Hall–Kier alpha value is -1.32. The van der Waals surface area contributed by atoms with E-state index in [4.69, 9.17) is 5.73 Å². The second-order valence-electron chi connectivity index (χ2n) is 3.29. The van der Waals surface area contributed by atoms with Gasteiger partial charge in [0.1, 0.15) is 0 Å². The summed E-state index contributed by atoms with van der Waals surface area (Å²) >= 11 is 1.76. The molecule has 0 aliphatic carbocycles. The van der Waals surface area contributed by atoms with Crippen molar-refractivity contribution in [1.29, 1.82) is 0 Å². The smallest absolute Gasteiger partial charge is 0.0494 e. The summed E-state index contributed by atoms with van der Waals surface area (Å²) < 4.78 is 0. The standard InChI is InChI=1S/C12H14N2S/c13-8-11-6-7-12(15-11)9-14-10-4-2-1-3-5-10/h1-7,14H,8-9,13H2. The monoisotopic (exact) mass is 218 g/mol. The first kappa shape index (κ1) is 10.2. The minimum absolute atomic E-state index is 0.635. The molecule has 1 aromatic heterocycles. The Morgan fingerprint density at radius 3 is 2.40 bits per heavy atom. The molecule has 2 nitrogen and oxygen atoms in total. The molecule has 0 unspecified atom stereocenters. The van der Waals surface area contributed by atoms with Crippen LogP contribution in [0.4, 0.5) is 5.69 Å². The molecule has 0 atom stereocenters. The van der Waals surface area contributed by atoms with Gasteiger partial charge in [-0.1, -0.05) is 18.2 Å². The fourth-order valence-corrected chi connectivity index (χ4v) is 2.21. The van der Waals surface area contributed by atoms with Crippen LogP contribution in [0.5, 0.6) is 0 Å². The summed E-state index contributed by atoms with van der Waals surface area (Å²) in [6.07, 6.45) is 0. The van der Waals surface area contributed by atoms with Gasteiger partial charge in [0, 0.05) is 28.5 Å². The maximum absolute atomic E-state index is 5.56. The van der Waals surface area contributed by atoms with Gasteiger partial charge in [0.2, 0.25) is 0 Å². The molecule has 0 amide bonds. The zero-order valence-corrected chi connectivity index (χ0v) is 9.26. The van der Waals surface area contributed by atoms with Crippen molar-refractivity contribution in [1.82, 2.24) is 0 Å². The predicted molar refractivity (Wildman–Crippen MR) is 66.0 cm³/mol. The third-order valence-electron chi connectivity index (χ3n) is 2.16. The van der Waals surface area contributed by atoms with E-state index in [0.29, 0.717) is 6.54 Å². The van der Waals surface area contributed by atoms with Crippen LogP contribution in [-0.2, 0) is 13.1 Å². The molecule has 0 saturated heterocycles. The molecule has 3 heteroatoms. The minimum Gasteiger partial charge on any atom is -0.380 e. The van der Waals surface area contributed by atoms with Gasteiger partial charge in [-0.15, -0.1) is 11.3 Å². The Bertz CT molecular complexity index is 409. The maximum atomic E-state index is 5.56. The van der Waals surface area contributed by atoms with E-state index in [-0.39, 0.29) is 0 Å². The van der Waals surface area contributed by atoms with E-state index in [1.807, 2.05) is 18.2 Å². The van der Waals surface area contributed by atoms with Crippen LogP contribution < -0.4 is 11.1 Å². The van der Waals surface area contributed by atoms with Crippen molar-refractivity contribution >= 4 is 17.0 Å². The van der Waals surface area contributed by atoms with Gasteiger partial charge in [0.05, 0.1) is 0 Å². The Morgan fingerprint density at radius 1 is 1.00 bits per heavy atom. The number of nitrogens with one attached hydrogen (secondary N) is 1. The van der Waals surface area contributed by atoms with Crippen LogP contribution in [0.2, 0.25) is 0 Å². The normalized spacial score (nSPS) is 10.2. The average Bonchev–Trinajstić information content (AvgIpc) is 2.76. The van der Waals surface area contributed by atoms with Crippen LogP contribution in [0.25, 0.3) is 0 Å². The fraction of sp³-hybridized carbons (Fsp3) is 0.167. The highest BCUT2D eigenvalue weighted by molar-refractivity contribution is 7.11. The van der Waals surface area contributed by atoms with Crippen LogP contribution in [0.3, 0.4) is 0 Å². The lowest BCUT2D eigenvalue weighted by molar-refractivity contribution is 1.11. The molecule has 1 heterocycles. The number of para-hydroxylation sites is 1. The number of anilines is 1. The minimum atomic E-state index is 0.635. The molecule has 1 aromatic carbocycles. The first-order valence-electron chi connectivity index (χ1n) is 4.95. The zero-order valence-electron chi connectivity index (χ0n) is 8.44. The highest BCUT2D eigenvalue weighted by atomic mass is 32.1. The summed E-state index contributed by atoms with van der Waals surface area (Å²) in [6, 6.07) is 14.4. The summed E-state index contributed by atoms with van der Waals surface area (Å²) in [5.41, 5.74) is 6.71. The van der Waals surface area contributed by atoms with E-state index in [0.717, 1.165) is 12.2 Å². The molecule has 0 aliphatic rings. The third kappa shape index (κ3) is 2.81. The fourth-order valence-electron chi connectivity index (χ4n) is 1.37. The van der Waals surface area contributed by atoms with Gasteiger partial charge in [0.25, 0.3) is 0 Å². The number of thiophene rings is 1. The molecule has 0 saturated carbocycles. The molecule has 15 heavy (non-hydrogen) atoms. The van der Waals surface area contributed by atoms with Crippen molar-refractivity contribution in [3.63, 3.8) is 0 Å². The number of hydrogen-bond donors (Lipinski definition) is 2. The van der Waals surface area contributed by atoms with Crippen molar-refractivity contribution in [3.05, 3.63) is 52.2 Å². The Labute approximate surface area is 93.7 Å². The number of hydrogen-bond acceptors (Lipinski definition) is 3. The molecule has 0 fully saturated rings. The quantitative estimate of drug-likeness (QED) is 0.828. The molecular weight excluding hydrogens is 204 g/mol. The number of nitrogens with two attached hydrogens (primary N) is 1. The number of rotatable bonds is 4. The lowest BCUT2D eigenvalue weighted by atomic mass is 10.3. The van der Waals surface area contributed by atoms with E-state index in [2.05, 4.69) is 29.6 Å². The average molecular weight is 218 g/mol. The molecule has 0 radical (unpaired) electrons. The molecular formula is C12H14N2S. The molecule has 2 rings (SSSR count).